The van der Waals surface area contributed by atoms with Crippen LogP contribution in [0, 0.1) is 0 Å². The Hall–Kier alpha value is -2.25. The van der Waals surface area contributed by atoms with Crippen LogP contribution in [0.25, 0.3) is 10.9 Å². The quantitative estimate of drug-likeness (QED) is 0.812. The Bertz CT molecular complexity index is 894. The normalized spacial score (nSPS) is 21.7. The van der Waals surface area contributed by atoms with Crippen LogP contribution in [0.5, 0.6) is 0 Å². The molecule has 1 aromatic carbocycles. The highest BCUT2D eigenvalue weighted by Gasteiger charge is 2.30. The maximum Gasteiger partial charge on any atom is 0.261 e. The molecule has 7 nitrogen and oxygen atoms in total. The number of hydrogen-bond donors (Lipinski definition) is 0. The van der Waals surface area contributed by atoms with Crippen molar-refractivity contribution in [1.29, 1.82) is 0 Å². The Labute approximate surface area is 158 Å². The number of carbonyl (C=O) groups is 1. The molecule has 2 aliphatic rings. The van der Waals surface area contributed by atoms with Crippen molar-refractivity contribution in [3.8, 4) is 0 Å². The first-order valence-electron chi connectivity index (χ1n) is 9.70. The van der Waals surface area contributed by atoms with E-state index in [0.717, 1.165) is 37.3 Å². The number of benzene rings is 1. The zero-order chi connectivity index (χ0) is 18.8. The summed E-state index contributed by atoms with van der Waals surface area (Å²) in [6.45, 7) is 4.23. The number of likely N-dealkylation sites (tertiary alicyclic amines) is 1. The predicted molar refractivity (Wildman–Crippen MR) is 103 cm³/mol. The monoisotopic (exact) mass is 370 g/mol. The van der Waals surface area contributed by atoms with Crippen molar-refractivity contribution in [2.45, 2.75) is 25.3 Å². The van der Waals surface area contributed by atoms with Gasteiger partial charge >= 0.3 is 0 Å². The lowest BCUT2D eigenvalue weighted by Crippen LogP contribution is -2.40. The number of hydrogen-bond acceptors (Lipinski definition) is 5. The first-order chi connectivity index (χ1) is 13.1. The maximum atomic E-state index is 12.7. The lowest BCUT2D eigenvalue weighted by atomic mass is 10.1. The van der Waals surface area contributed by atoms with Crippen molar-refractivity contribution < 1.29 is 9.53 Å². The number of rotatable bonds is 4. The van der Waals surface area contributed by atoms with Crippen LogP contribution in [0.4, 0.5) is 0 Å². The fourth-order valence-corrected chi connectivity index (χ4v) is 4.12. The molecule has 1 atom stereocenters. The largest absolute Gasteiger partial charge is 0.379 e. The minimum atomic E-state index is 0.00212. The van der Waals surface area contributed by atoms with Crippen molar-refractivity contribution >= 4 is 16.8 Å². The van der Waals surface area contributed by atoms with E-state index in [1.807, 2.05) is 36.2 Å². The van der Waals surface area contributed by atoms with Crippen LogP contribution in [0.1, 0.15) is 31.1 Å². The molecule has 2 aliphatic heterocycles. The molecule has 1 unspecified atom stereocenters. The predicted octanol–water partition coefficient (Wildman–Crippen LogP) is 1.32. The molecule has 0 N–H and O–H groups in total. The number of carbonyl (C=O) groups excluding carboxylic acids is 1. The Balaban J connectivity index is 1.55. The van der Waals surface area contributed by atoms with Crippen LogP contribution in [-0.4, -0.2) is 64.7 Å². The highest BCUT2D eigenvalue weighted by molar-refractivity contribution is 5.77. The van der Waals surface area contributed by atoms with Crippen molar-refractivity contribution in [1.82, 2.24) is 19.4 Å². The van der Waals surface area contributed by atoms with Gasteiger partial charge in [0.15, 0.2) is 0 Å². The van der Waals surface area contributed by atoms with E-state index in [-0.39, 0.29) is 17.5 Å². The summed E-state index contributed by atoms with van der Waals surface area (Å²) in [4.78, 5) is 34.0. The highest BCUT2D eigenvalue weighted by atomic mass is 16.5. The number of ether oxygens (including phenoxy) is 1. The second kappa shape index (κ2) is 7.78. The Morgan fingerprint density at radius 1 is 1.15 bits per heavy atom. The Morgan fingerprint density at radius 3 is 2.89 bits per heavy atom. The zero-order valence-electron chi connectivity index (χ0n) is 15.8. The van der Waals surface area contributed by atoms with E-state index in [1.165, 1.54) is 0 Å². The SMILES string of the molecule is Cn1c(C2CCCN2CCN2CCOCCC2=O)nc2ccccc2c1=O. The lowest BCUT2D eigenvalue weighted by Gasteiger charge is -2.28. The molecule has 27 heavy (non-hydrogen) atoms. The summed E-state index contributed by atoms with van der Waals surface area (Å²) in [6, 6.07) is 7.63. The van der Waals surface area contributed by atoms with Gasteiger partial charge in [0.2, 0.25) is 5.91 Å². The van der Waals surface area contributed by atoms with Gasteiger partial charge in [-0.2, -0.15) is 0 Å². The number of para-hydroxylation sites is 1. The molecule has 0 radical (unpaired) electrons. The van der Waals surface area contributed by atoms with Gasteiger partial charge in [0.25, 0.3) is 5.56 Å². The van der Waals surface area contributed by atoms with Gasteiger partial charge in [-0.3, -0.25) is 19.1 Å². The standard InChI is InChI=1S/C20H26N4O3/c1-22-19(21-16-6-3-2-5-15(16)20(22)26)17-7-4-9-23(17)10-11-24-12-14-27-13-8-18(24)25/h2-3,5-6,17H,4,7-14H2,1H3. The van der Waals surface area contributed by atoms with Gasteiger partial charge < -0.3 is 9.64 Å². The number of nitrogens with zero attached hydrogens (tertiary/aromatic N) is 4. The number of fused-ring (bicyclic) bond motifs is 1. The molecule has 4 rings (SSSR count). The molecule has 3 heterocycles. The van der Waals surface area contributed by atoms with Gasteiger partial charge in [-0.25, -0.2) is 4.98 Å². The molecule has 0 saturated carbocycles. The second-order valence-electron chi connectivity index (χ2n) is 7.29. The van der Waals surface area contributed by atoms with E-state index < -0.39 is 0 Å². The van der Waals surface area contributed by atoms with Gasteiger partial charge in [0.05, 0.1) is 36.6 Å². The van der Waals surface area contributed by atoms with Gasteiger partial charge in [-0.05, 0) is 31.5 Å². The van der Waals surface area contributed by atoms with Crippen LogP contribution in [0.15, 0.2) is 29.1 Å². The number of aromatic nitrogens is 2. The summed E-state index contributed by atoms with van der Waals surface area (Å²) in [7, 11) is 1.81. The van der Waals surface area contributed by atoms with Gasteiger partial charge in [-0.15, -0.1) is 0 Å². The summed E-state index contributed by atoms with van der Waals surface area (Å²) < 4.78 is 7.09. The molecule has 2 aromatic rings. The summed E-state index contributed by atoms with van der Waals surface area (Å²) in [5, 5.41) is 0.656. The van der Waals surface area contributed by atoms with Crippen molar-refractivity contribution in [2.24, 2.45) is 7.05 Å². The molecule has 7 heteroatoms. The van der Waals surface area contributed by atoms with Gasteiger partial charge in [0.1, 0.15) is 5.82 Å². The lowest BCUT2D eigenvalue weighted by molar-refractivity contribution is -0.130. The summed E-state index contributed by atoms with van der Waals surface area (Å²) in [5.41, 5.74) is 0.754. The molecule has 2 fully saturated rings. The van der Waals surface area contributed by atoms with Crippen LogP contribution in [-0.2, 0) is 16.6 Å². The molecule has 1 aromatic heterocycles. The van der Waals surface area contributed by atoms with Gasteiger partial charge in [0, 0.05) is 26.7 Å². The smallest absolute Gasteiger partial charge is 0.261 e. The van der Waals surface area contributed by atoms with Crippen LogP contribution < -0.4 is 5.56 Å². The Kier molecular flexibility index (Phi) is 5.22. The van der Waals surface area contributed by atoms with E-state index in [9.17, 15) is 9.59 Å². The Morgan fingerprint density at radius 2 is 2.00 bits per heavy atom. The fourth-order valence-electron chi connectivity index (χ4n) is 4.12. The zero-order valence-corrected chi connectivity index (χ0v) is 15.8. The molecule has 0 spiro atoms. The van der Waals surface area contributed by atoms with Crippen LogP contribution in [0.3, 0.4) is 0 Å². The molecule has 0 aliphatic carbocycles. The van der Waals surface area contributed by atoms with E-state index in [1.54, 1.807) is 4.57 Å². The third kappa shape index (κ3) is 3.61. The summed E-state index contributed by atoms with van der Waals surface area (Å²) >= 11 is 0. The third-order valence-corrected chi connectivity index (χ3v) is 5.66. The summed E-state index contributed by atoms with van der Waals surface area (Å²) in [5.74, 6) is 0.987. The highest BCUT2D eigenvalue weighted by Crippen LogP contribution is 2.30. The first kappa shape index (κ1) is 18.1. The van der Waals surface area contributed by atoms with Crippen LogP contribution >= 0.6 is 0 Å². The van der Waals surface area contributed by atoms with E-state index in [0.29, 0.717) is 38.1 Å². The average Bonchev–Trinajstić information content (AvgIpc) is 3.05. The fraction of sp³-hybridized carbons (Fsp3) is 0.550. The van der Waals surface area contributed by atoms with Crippen molar-refractivity contribution in [3.63, 3.8) is 0 Å². The first-order valence-corrected chi connectivity index (χ1v) is 9.70. The summed E-state index contributed by atoms with van der Waals surface area (Å²) in [6.07, 6.45) is 2.52. The molecular formula is C20H26N4O3. The number of amides is 1. The second-order valence-corrected chi connectivity index (χ2v) is 7.29. The maximum absolute atomic E-state index is 12.7. The topological polar surface area (TPSA) is 67.7 Å². The van der Waals surface area contributed by atoms with E-state index in [4.69, 9.17) is 9.72 Å². The average molecular weight is 370 g/mol. The molecule has 0 bridgehead atoms. The molecule has 2 saturated heterocycles. The molecule has 144 valence electrons. The van der Waals surface area contributed by atoms with Crippen LogP contribution in [0.2, 0.25) is 0 Å². The minimum Gasteiger partial charge on any atom is -0.379 e. The van der Waals surface area contributed by atoms with E-state index >= 15 is 0 Å². The van der Waals surface area contributed by atoms with Crippen molar-refractivity contribution in [3.05, 3.63) is 40.4 Å². The van der Waals surface area contributed by atoms with Gasteiger partial charge in [-0.1, -0.05) is 12.1 Å². The van der Waals surface area contributed by atoms with Crippen molar-refractivity contribution in [2.75, 3.05) is 39.4 Å². The molecular weight excluding hydrogens is 344 g/mol. The molecule has 1 amide bonds. The van der Waals surface area contributed by atoms with E-state index in [2.05, 4.69) is 4.90 Å². The minimum absolute atomic E-state index is 0.00212. The third-order valence-electron chi connectivity index (χ3n) is 5.66.